The van der Waals surface area contributed by atoms with E-state index >= 15 is 0 Å². The average molecular weight is 422 g/mol. The maximum absolute atomic E-state index is 13.0. The maximum atomic E-state index is 13.0. The fourth-order valence-electron chi connectivity index (χ4n) is 3.16. The third-order valence-corrected chi connectivity index (χ3v) is 4.38. The zero-order valence-electron chi connectivity index (χ0n) is 16.2. The number of carbonyl (C=O) groups excluding carboxylic acids is 2. The van der Waals surface area contributed by atoms with Crippen LogP contribution in [0.3, 0.4) is 0 Å². The number of hydrogen-bond donors (Lipinski definition) is 2. The van der Waals surface area contributed by atoms with Crippen molar-refractivity contribution < 1.29 is 22.8 Å². The average Bonchev–Trinajstić information content (AvgIpc) is 3.02. The van der Waals surface area contributed by atoms with E-state index in [2.05, 4.69) is 5.32 Å². The monoisotopic (exact) mass is 421 g/mol. The van der Waals surface area contributed by atoms with Gasteiger partial charge >= 0.3 is 6.18 Å². The van der Waals surface area contributed by atoms with Crippen LogP contribution in [0.4, 0.5) is 18.9 Å². The number of rotatable bonds is 4. The first kappa shape index (κ1) is 24.2. The SMILES string of the molecule is CC(C)(C)CC(=O)N1CCCC1C(=O)Nc1cc(CN)cc(C(F)(F)F)c1.Cl. The van der Waals surface area contributed by atoms with Gasteiger partial charge in [0.15, 0.2) is 0 Å². The number of amides is 2. The number of nitrogens with one attached hydrogen (secondary N) is 1. The van der Waals surface area contributed by atoms with Gasteiger partial charge in [0.1, 0.15) is 6.04 Å². The van der Waals surface area contributed by atoms with Crippen LogP contribution in [0.15, 0.2) is 18.2 Å². The molecular formula is C19H27ClF3N3O2. The Morgan fingerprint density at radius 3 is 2.39 bits per heavy atom. The first-order valence-corrected chi connectivity index (χ1v) is 8.92. The Kier molecular flexibility index (Phi) is 7.91. The van der Waals surface area contributed by atoms with Gasteiger partial charge in [0.2, 0.25) is 11.8 Å². The van der Waals surface area contributed by atoms with Crippen LogP contribution in [0.2, 0.25) is 0 Å². The minimum Gasteiger partial charge on any atom is -0.331 e. The number of hydrogen-bond acceptors (Lipinski definition) is 3. The van der Waals surface area contributed by atoms with Crippen molar-refractivity contribution in [3.05, 3.63) is 29.3 Å². The normalized spacial score (nSPS) is 17.2. The third kappa shape index (κ3) is 6.38. The Balaban J connectivity index is 0.00000392. The second-order valence-corrected chi connectivity index (χ2v) is 8.09. The molecular weight excluding hydrogens is 395 g/mol. The van der Waals surface area contributed by atoms with E-state index in [1.165, 1.54) is 11.0 Å². The molecule has 0 bridgehead atoms. The van der Waals surface area contributed by atoms with Crippen LogP contribution in [0.1, 0.15) is 51.2 Å². The summed E-state index contributed by atoms with van der Waals surface area (Å²) in [7, 11) is 0. The molecule has 1 aromatic rings. The number of anilines is 1. The molecule has 1 aliphatic rings. The molecule has 2 rings (SSSR count). The third-order valence-electron chi connectivity index (χ3n) is 4.38. The zero-order valence-corrected chi connectivity index (χ0v) is 17.0. The van der Waals surface area contributed by atoms with Gasteiger partial charge in [-0.15, -0.1) is 12.4 Å². The molecule has 28 heavy (non-hydrogen) atoms. The number of halogens is 4. The molecule has 2 amide bonds. The molecule has 1 fully saturated rings. The summed E-state index contributed by atoms with van der Waals surface area (Å²) in [6.45, 7) is 6.21. The molecule has 158 valence electrons. The molecule has 0 radical (unpaired) electrons. The summed E-state index contributed by atoms with van der Waals surface area (Å²) in [5, 5.41) is 2.53. The Morgan fingerprint density at radius 1 is 1.21 bits per heavy atom. The predicted octanol–water partition coefficient (Wildman–Crippen LogP) is 3.95. The molecule has 1 saturated heterocycles. The first-order valence-electron chi connectivity index (χ1n) is 8.92. The van der Waals surface area contributed by atoms with E-state index in [1.54, 1.807) is 0 Å². The van der Waals surface area contributed by atoms with Crippen molar-refractivity contribution in [3.63, 3.8) is 0 Å². The molecule has 0 aliphatic carbocycles. The van der Waals surface area contributed by atoms with Gasteiger partial charge in [-0.3, -0.25) is 9.59 Å². The summed E-state index contributed by atoms with van der Waals surface area (Å²) >= 11 is 0. The first-order chi connectivity index (χ1) is 12.4. The van der Waals surface area contributed by atoms with E-state index in [0.717, 1.165) is 12.1 Å². The molecule has 9 heteroatoms. The van der Waals surface area contributed by atoms with E-state index in [9.17, 15) is 22.8 Å². The minimum absolute atomic E-state index is 0. The number of nitrogens with zero attached hydrogens (tertiary/aromatic N) is 1. The Labute approximate surface area is 169 Å². The minimum atomic E-state index is -4.53. The van der Waals surface area contributed by atoms with Gasteiger partial charge in [0, 0.05) is 25.2 Å². The number of nitrogens with two attached hydrogens (primary N) is 1. The highest BCUT2D eigenvalue weighted by Gasteiger charge is 2.36. The summed E-state index contributed by atoms with van der Waals surface area (Å²) in [6, 6.07) is 2.59. The smallest absolute Gasteiger partial charge is 0.331 e. The van der Waals surface area contributed by atoms with Crippen molar-refractivity contribution in [2.24, 2.45) is 11.1 Å². The van der Waals surface area contributed by atoms with E-state index in [1.807, 2.05) is 20.8 Å². The van der Waals surface area contributed by atoms with Gasteiger partial charge in [-0.05, 0) is 42.0 Å². The molecule has 1 heterocycles. The highest BCUT2D eigenvalue weighted by atomic mass is 35.5. The van der Waals surface area contributed by atoms with E-state index in [4.69, 9.17) is 5.73 Å². The predicted molar refractivity (Wildman–Crippen MR) is 104 cm³/mol. The number of alkyl halides is 3. The molecule has 0 saturated carbocycles. The standard InChI is InChI=1S/C19H26F3N3O2.ClH/c1-18(2,3)10-16(26)25-6-4-5-15(25)17(27)24-14-8-12(11-23)7-13(9-14)19(20,21)22;/h7-9,15H,4-6,10-11,23H2,1-3H3,(H,24,27);1H. The van der Waals surface area contributed by atoms with Crippen molar-refractivity contribution >= 4 is 29.9 Å². The zero-order chi connectivity index (χ0) is 20.4. The maximum Gasteiger partial charge on any atom is 0.416 e. The van der Waals surface area contributed by atoms with Crippen LogP contribution in [-0.4, -0.2) is 29.3 Å². The van der Waals surface area contributed by atoms with Crippen molar-refractivity contribution in [1.82, 2.24) is 4.90 Å². The van der Waals surface area contributed by atoms with Crippen molar-refractivity contribution in [3.8, 4) is 0 Å². The van der Waals surface area contributed by atoms with Crippen LogP contribution >= 0.6 is 12.4 Å². The second-order valence-electron chi connectivity index (χ2n) is 8.09. The molecule has 5 nitrogen and oxygen atoms in total. The van der Waals surface area contributed by atoms with Gasteiger partial charge in [-0.25, -0.2) is 0 Å². The Bertz CT molecular complexity index is 717. The lowest BCUT2D eigenvalue weighted by Gasteiger charge is -2.27. The Morgan fingerprint density at radius 2 is 1.86 bits per heavy atom. The quantitative estimate of drug-likeness (QED) is 0.772. The van der Waals surface area contributed by atoms with Crippen LogP contribution in [0.25, 0.3) is 0 Å². The number of carbonyl (C=O) groups is 2. The van der Waals surface area contributed by atoms with Crippen LogP contribution in [0, 0.1) is 5.41 Å². The molecule has 0 aromatic heterocycles. The summed E-state index contributed by atoms with van der Waals surface area (Å²) in [5.74, 6) is -0.594. The lowest BCUT2D eigenvalue weighted by atomic mass is 9.91. The number of benzene rings is 1. The van der Waals surface area contributed by atoms with Gasteiger partial charge in [0.05, 0.1) is 5.56 Å². The largest absolute Gasteiger partial charge is 0.416 e. The summed E-state index contributed by atoms with van der Waals surface area (Å²) < 4.78 is 39.1. The summed E-state index contributed by atoms with van der Waals surface area (Å²) in [5.41, 5.74) is 4.70. The highest BCUT2D eigenvalue weighted by molar-refractivity contribution is 5.97. The molecule has 1 aliphatic heterocycles. The molecule has 1 unspecified atom stereocenters. The van der Waals surface area contributed by atoms with Gasteiger partial charge in [0.25, 0.3) is 0 Å². The van der Waals surface area contributed by atoms with E-state index in [-0.39, 0.29) is 41.5 Å². The van der Waals surface area contributed by atoms with Crippen molar-refractivity contribution in [1.29, 1.82) is 0 Å². The second kappa shape index (κ2) is 9.13. The highest BCUT2D eigenvalue weighted by Crippen LogP contribution is 2.32. The van der Waals surface area contributed by atoms with Gasteiger partial charge in [-0.2, -0.15) is 13.2 Å². The molecule has 1 atom stereocenters. The molecule has 0 spiro atoms. The molecule has 3 N–H and O–H groups in total. The lowest BCUT2D eigenvalue weighted by molar-refractivity contribution is -0.138. The van der Waals surface area contributed by atoms with Crippen molar-refractivity contribution in [2.75, 3.05) is 11.9 Å². The fraction of sp³-hybridized carbons (Fsp3) is 0.579. The summed E-state index contributed by atoms with van der Waals surface area (Å²) in [6.07, 6.45) is -3.06. The van der Waals surface area contributed by atoms with Crippen molar-refractivity contribution in [2.45, 2.75) is 58.8 Å². The topological polar surface area (TPSA) is 75.4 Å². The van der Waals surface area contributed by atoms with E-state index < -0.39 is 23.7 Å². The summed E-state index contributed by atoms with van der Waals surface area (Å²) in [4.78, 5) is 26.7. The van der Waals surface area contributed by atoms with Crippen LogP contribution < -0.4 is 11.1 Å². The van der Waals surface area contributed by atoms with Crippen LogP contribution in [0.5, 0.6) is 0 Å². The van der Waals surface area contributed by atoms with E-state index in [0.29, 0.717) is 25.8 Å². The Hall–Kier alpha value is -1.80. The number of likely N-dealkylation sites (tertiary alicyclic amines) is 1. The van der Waals surface area contributed by atoms with Crippen LogP contribution in [-0.2, 0) is 22.3 Å². The molecule has 1 aromatic carbocycles. The van der Waals surface area contributed by atoms with Gasteiger partial charge in [-0.1, -0.05) is 20.8 Å². The lowest BCUT2D eigenvalue weighted by Crippen LogP contribution is -2.44. The van der Waals surface area contributed by atoms with Gasteiger partial charge < -0.3 is 16.0 Å². The fourth-order valence-corrected chi connectivity index (χ4v) is 3.16.